The predicted molar refractivity (Wildman–Crippen MR) is 147 cm³/mol. The Balaban J connectivity index is 0.000000631. The molecule has 214 valence electrons. The van der Waals surface area contributed by atoms with Crippen molar-refractivity contribution in [2.24, 2.45) is 0 Å². The number of alkyl halides is 3. The third-order valence-corrected chi connectivity index (χ3v) is 7.84. The van der Waals surface area contributed by atoms with Crippen molar-refractivity contribution in [1.82, 2.24) is 10.3 Å². The second kappa shape index (κ2) is 12.5. The van der Waals surface area contributed by atoms with E-state index >= 15 is 0 Å². The number of carbonyl (C=O) groups excluding carboxylic acids is 1. The summed E-state index contributed by atoms with van der Waals surface area (Å²) in [4.78, 5) is 26.8. The van der Waals surface area contributed by atoms with E-state index in [2.05, 4.69) is 74.3 Å². The van der Waals surface area contributed by atoms with Crippen LogP contribution in [0.1, 0.15) is 77.3 Å². The summed E-state index contributed by atoms with van der Waals surface area (Å²) >= 11 is 0. The molecule has 2 heterocycles. The third kappa shape index (κ3) is 8.52. The van der Waals surface area contributed by atoms with Gasteiger partial charge >= 0.3 is 12.1 Å². The SMILES string of the molecule is CC1(C)CCC(C)(C)c2cc(-c3cccc(N4CCC(NCCCC(=O)O)CC4)n3)ccc21.O=CC(F)(F)F. The first-order valence-corrected chi connectivity index (χ1v) is 13.6. The van der Waals surface area contributed by atoms with Crippen LogP contribution in [0.5, 0.6) is 0 Å². The van der Waals surface area contributed by atoms with Gasteiger partial charge in [0.2, 0.25) is 6.29 Å². The molecule has 0 spiro atoms. The molecule has 1 fully saturated rings. The Morgan fingerprint density at radius 2 is 1.69 bits per heavy atom. The van der Waals surface area contributed by atoms with Crippen LogP contribution in [0, 0.1) is 0 Å². The second-order valence-electron chi connectivity index (χ2n) is 11.8. The van der Waals surface area contributed by atoms with Gasteiger partial charge in [0.1, 0.15) is 5.82 Å². The first-order valence-electron chi connectivity index (χ1n) is 13.6. The standard InChI is InChI=1S/C28H39N3O2.C2HF3O/c1-27(2)14-15-28(3,4)23-19-20(10-11-22(23)27)24-7-5-8-25(30-24)31-17-12-21(13-18-31)29-16-6-9-26(32)33;3-2(4,5)1-6/h5,7-8,10-11,19,21,29H,6,9,12-18H2,1-4H3,(H,32,33);1H. The maximum atomic E-state index is 10.7. The fourth-order valence-corrected chi connectivity index (χ4v) is 5.37. The molecule has 6 nitrogen and oxygen atoms in total. The van der Waals surface area contributed by atoms with Crippen LogP contribution in [-0.4, -0.2) is 54.2 Å². The number of carboxylic acid groups (broad SMARTS) is 1. The number of aromatic nitrogens is 1. The van der Waals surface area contributed by atoms with Crippen molar-refractivity contribution in [3.63, 3.8) is 0 Å². The van der Waals surface area contributed by atoms with Gasteiger partial charge in [0.05, 0.1) is 5.69 Å². The van der Waals surface area contributed by atoms with Gasteiger partial charge in [0.15, 0.2) is 0 Å². The van der Waals surface area contributed by atoms with Crippen LogP contribution in [0.2, 0.25) is 0 Å². The number of nitrogens with one attached hydrogen (secondary N) is 1. The number of anilines is 1. The van der Waals surface area contributed by atoms with E-state index in [0.717, 1.165) is 44.0 Å². The molecular formula is C30H40F3N3O3. The fourth-order valence-electron chi connectivity index (χ4n) is 5.37. The number of piperidine rings is 1. The Kier molecular flexibility index (Phi) is 9.80. The zero-order valence-electron chi connectivity index (χ0n) is 23.3. The Morgan fingerprint density at radius 3 is 2.28 bits per heavy atom. The number of rotatable bonds is 7. The van der Waals surface area contributed by atoms with Gasteiger partial charge in [-0.1, -0.05) is 45.9 Å². The summed E-state index contributed by atoms with van der Waals surface area (Å²) in [6.45, 7) is 12.2. The monoisotopic (exact) mass is 547 g/mol. The average molecular weight is 548 g/mol. The van der Waals surface area contributed by atoms with Crippen molar-refractivity contribution in [1.29, 1.82) is 0 Å². The molecule has 0 amide bonds. The summed E-state index contributed by atoms with van der Waals surface area (Å²) in [5, 5.41) is 12.3. The van der Waals surface area contributed by atoms with Crippen LogP contribution in [-0.2, 0) is 20.4 Å². The highest BCUT2D eigenvalue weighted by Crippen LogP contribution is 2.46. The summed E-state index contributed by atoms with van der Waals surface area (Å²) in [6, 6.07) is 13.8. The van der Waals surface area contributed by atoms with E-state index in [0.29, 0.717) is 12.5 Å². The van der Waals surface area contributed by atoms with Crippen LogP contribution in [0.25, 0.3) is 11.3 Å². The number of nitrogens with zero attached hydrogens (tertiary/aromatic N) is 2. The lowest BCUT2D eigenvalue weighted by Gasteiger charge is -2.42. The Hall–Kier alpha value is -2.94. The highest BCUT2D eigenvalue weighted by Gasteiger charge is 2.37. The smallest absolute Gasteiger partial charge is 0.446 e. The molecule has 1 aromatic carbocycles. The van der Waals surface area contributed by atoms with Gasteiger partial charge in [-0.25, -0.2) is 4.98 Å². The third-order valence-electron chi connectivity index (χ3n) is 7.84. The van der Waals surface area contributed by atoms with Crippen molar-refractivity contribution in [3.8, 4) is 11.3 Å². The topological polar surface area (TPSA) is 82.5 Å². The first-order chi connectivity index (χ1) is 18.2. The molecule has 1 aliphatic heterocycles. The molecule has 9 heteroatoms. The summed E-state index contributed by atoms with van der Waals surface area (Å²) in [5.41, 5.74) is 5.62. The maximum Gasteiger partial charge on any atom is 0.446 e. The molecular weight excluding hydrogens is 507 g/mol. The minimum atomic E-state index is -4.64. The molecule has 2 aromatic rings. The van der Waals surface area contributed by atoms with Gasteiger partial charge in [-0.15, -0.1) is 0 Å². The van der Waals surface area contributed by atoms with Crippen LogP contribution in [0.15, 0.2) is 36.4 Å². The van der Waals surface area contributed by atoms with E-state index in [9.17, 15) is 18.0 Å². The number of carboxylic acids is 1. The quantitative estimate of drug-likeness (QED) is 0.314. The molecule has 1 aromatic heterocycles. The molecule has 0 unspecified atom stereocenters. The largest absolute Gasteiger partial charge is 0.481 e. The number of fused-ring (bicyclic) bond motifs is 1. The van der Waals surface area contributed by atoms with Crippen molar-refractivity contribution in [3.05, 3.63) is 47.5 Å². The van der Waals surface area contributed by atoms with Gasteiger partial charge in [-0.2, -0.15) is 13.2 Å². The number of aliphatic carboxylic acids is 1. The molecule has 2 aliphatic rings. The highest BCUT2D eigenvalue weighted by atomic mass is 19.4. The summed E-state index contributed by atoms with van der Waals surface area (Å²) in [6.07, 6.45) is -0.225. The van der Waals surface area contributed by atoms with Crippen LogP contribution < -0.4 is 10.2 Å². The number of aldehydes is 1. The number of hydrogen-bond acceptors (Lipinski definition) is 5. The van der Waals surface area contributed by atoms with Crippen LogP contribution in [0.4, 0.5) is 19.0 Å². The van der Waals surface area contributed by atoms with Crippen molar-refractivity contribution >= 4 is 18.1 Å². The van der Waals surface area contributed by atoms with E-state index in [1.54, 1.807) is 0 Å². The second-order valence-corrected chi connectivity index (χ2v) is 11.8. The number of carbonyl (C=O) groups is 2. The van der Waals surface area contributed by atoms with E-state index in [1.165, 1.54) is 29.5 Å². The van der Waals surface area contributed by atoms with E-state index in [4.69, 9.17) is 14.9 Å². The Labute approximate surface area is 229 Å². The van der Waals surface area contributed by atoms with Crippen molar-refractivity contribution in [2.45, 2.75) is 89.3 Å². The van der Waals surface area contributed by atoms with Crippen molar-refractivity contribution in [2.75, 3.05) is 24.5 Å². The summed E-state index contributed by atoms with van der Waals surface area (Å²) < 4.78 is 31.2. The van der Waals surface area contributed by atoms with Gasteiger partial charge < -0.3 is 15.3 Å². The average Bonchev–Trinajstić information content (AvgIpc) is 2.89. The van der Waals surface area contributed by atoms with Gasteiger partial charge in [-0.3, -0.25) is 9.59 Å². The van der Waals surface area contributed by atoms with Crippen LogP contribution >= 0.6 is 0 Å². The summed E-state index contributed by atoms with van der Waals surface area (Å²) in [7, 11) is 0. The highest BCUT2D eigenvalue weighted by molar-refractivity contribution is 5.66. The zero-order chi connectivity index (χ0) is 28.8. The van der Waals surface area contributed by atoms with E-state index < -0.39 is 18.4 Å². The molecule has 2 N–H and O–H groups in total. The predicted octanol–water partition coefficient (Wildman–Crippen LogP) is 6.27. The fraction of sp³-hybridized carbons (Fsp3) is 0.567. The first kappa shape index (κ1) is 30.6. The lowest BCUT2D eigenvalue weighted by molar-refractivity contribution is -0.156. The zero-order valence-corrected chi connectivity index (χ0v) is 23.3. The Bertz CT molecular complexity index is 1140. The minimum Gasteiger partial charge on any atom is -0.481 e. The number of benzene rings is 1. The van der Waals surface area contributed by atoms with Gasteiger partial charge in [-0.05, 0) is 78.8 Å². The number of pyridine rings is 1. The molecule has 0 radical (unpaired) electrons. The summed E-state index contributed by atoms with van der Waals surface area (Å²) in [5.74, 6) is 0.331. The molecule has 4 rings (SSSR count). The maximum absolute atomic E-state index is 10.7. The molecule has 0 saturated carbocycles. The lowest BCUT2D eigenvalue weighted by atomic mass is 9.63. The molecule has 1 saturated heterocycles. The molecule has 1 aliphatic carbocycles. The van der Waals surface area contributed by atoms with E-state index in [-0.39, 0.29) is 17.3 Å². The number of hydrogen-bond donors (Lipinski definition) is 2. The number of halogens is 3. The normalized spacial score (nSPS) is 18.5. The minimum absolute atomic E-state index is 0.192. The lowest BCUT2D eigenvalue weighted by Crippen LogP contribution is -2.43. The van der Waals surface area contributed by atoms with Crippen LogP contribution in [0.3, 0.4) is 0 Å². The molecule has 39 heavy (non-hydrogen) atoms. The van der Waals surface area contributed by atoms with Gasteiger partial charge in [0.25, 0.3) is 0 Å². The molecule has 0 atom stereocenters. The molecule has 0 bridgehead atoms. The van der Waals surface area contributed by atoms with Gasteiger partial charge in [0, 0.05) is 31.1 Å². The van der Waals surface area contributed by atoms with Crippen molar-refractivity contribution < 1.29 is 27.9 Å². The van der Waals surface area contributed by atoms with E-state index in [1.807, 2.05) is 0 Å². The Morgan fingerprint density at radius 1 is 1.08 bits per heavy atom.